The summed E-state index contributed by atoms with van der Waals surface area (Å²) in [7, 11) is 0. The maximum absolute atomic E-state index is 9.62. The summed E-state index contributed by atoms with van der Waals surface area (Å²) in [6.07, 6.45) is 3.33. The lowest BCUT2D eigenvalue weighted by molar-refractivity contribution is 0.406. The van der Waals surface area contributed by atoms with Crippen LogP contribution < -0.4 is 5.32 Å². The van der Waals surface area contributed by atoms with Crippen LogP contribution in [0, 0.1) is 17.2 Å². The van der Waals surface area contributed by atoms with E-state index in [1.165, 1.54) is 0 Å². The first kappa shape index (κ1) is 16.0. The Bertz CT molecular complexity index is 511. The minimum atomic E-state index is -0.410. The molecule has 1 aliphatic carbocycles. The summed E-state index contributed by atoms with van der Waals surface area (Å²) in [5.41, 5.74) is -0.410. The lowest BCUT2D eigenvalue weighted by Crippen LogP contribution is -2.48. The predicted molar refractivity (Wildman–Crippen MR) is 86.5 cm³/mol. The quantitative estimate of drug-likeness (QED) is 0.733. The maximum Gasteiger partial charge on any atom is 0.119 e. The van der Waals surface area contributed by atoms with Crippen LogP contribution >= 0.6 is 35.0 Å². The lowest BCUT2D eigenvalue weighted by Gasteiger charge is -2.27. The molecule has 0 aromatic heterocycles. The smallest absolute Gasteiger partial charge is 0.119 e. The molecule has 1 fully saturated rings. The van der Waals surface area contributed by atoms with Gasteiger partial charge in [-0.1, -0.05) is 30.1 Å². The van der Waals surface area contributed by atoms with Gasteiger partial charge in [0.05, 0.1) is 16.1 Å². The van der Waals surface area contributed by atoms with E-state index in [4.69, 9.17) is 23.2 Å². The Kier molecular flexibility index (Phi) is 5.63. The molecule has 1 aliphatic rings. The third-order valence-electron chi connectivity index (χ3n) is 3.52. The Morgan fingerprint density at radius 3 is 2.70 bits per heavy atom. The zero-order valence-electron chi connectivity index (χ0n) is 11.5. The van der Waals surface area contributed by atoms with Crippen molar-refractivity contribution in [2.45, 2.75) is 36.6 Å². The van der Waals surface area contributed by atoms with E-state index in [1.807, 2.05) is 12.1 Å². The minimum Gasteiger partial charge on any atom is -0.298 e. The highest BCUT2D eigenvalue weighted by atomic mass is 35.5. The van der Waals surface area contributed by atoms with Gasteiger partial charge < -0.3 is 0 Å². The molecular formula is C15H18Cl2N2S. The number of rotatable bonds is 7. The van der Waals surface area contributed by atoms with Gasteiger partial charge in [-0.2, -0.15) is 5.26 Å². The molecule has 0 amide bonds. The number of thioether (sulfide) groups is 1. The van der Waals surface area contributed by atoms with E-state index < -0.39 is 5.54 Å². The molecule has 2 rings (SSSR count). The molecule has 108 valence electrons. The number of benzene rings is 1. The molecule has 0 radical (unpaired) electrons. The van der Waals surface area contributed by atoms with Gasteiger partial charge in [-0.05, 0) is 49.9 Å². The maximum atomic E-state index is 9.62. The molecular weight excluding hydrogens is 311 g/mol. The van der Waals surface area contributed by atoms with Crippen molar-refractivity contribution in [2.75, 3.05) is 12.3 Å². The Hall–Kier alpha value is -0.400. The van der Waals surface area contributed by atoms with Crippen LogP contribution in [0.5, 0.6) is 0 Å². The molecule has 1 aromatic carbocycles. The summed E-state index contributed by atoms with van der Waals surface area (Å²) < 4.78 is 0. The van der Waals surface area contributed by atoms with Crippen molar-refractivity contribution in [2.24, 2.45) is 5.92 Å². The summed E-state index contributed by atoms with van der Waals surface area (Å²) in [5.74, 6) is 1.22. The Morgan fingerprint density at radius 2 is 2.15 bits per heavy atom. The average molecular weight is 329 g/mol. The fourth-order valence-corrected chi connectivity index (χ4v) is 3.69. The zero-order valence-corrected chi connectivity index (χ0v) is 13.8. The Balaban J connectivity index is 2.04. The van der Waals surface area contributed by atoms with E-state index in [0.717, 1.165) is 36.5 Å². The third kappa shape index (κ3) is 3.83. The number of hydrogen-bond donors (Lipinski definition) is 1. The summed E-state index contributed by atoms with van der Waals surface area (Å²) in [6.45, 7) is 3.00. The number of halogens is 2. The second kappa shape index (κ2) is 7.04. The van der Waals surface area contributed by atoms with Crippen molar-refractivity contribution in [1.82, 2.24) is 5.32 Å². The molecule has 1 unspecified atom stereocenters. The van der Waals surface area contributed by atoms with Crippen LogP contribution in [0.4, 0.5) is 0 Å². The molecule has 0 heterocycles. The van der Waals surface area contributed by atoms with E-state index in [9.17, 15) is 5.26 Å². The first-order valence-electron chi connectivity index (χ1n) is 6.85. The van der Waals surface area contributed by atoms with Gasteiger partial charge in [-0.15, -0.1) is 11.8 Å². The van der Waals surface area contributed by atoms with Gasteiger partial charge in [0.1, 0.15) is 5.54 Å². The second-order valence-corrected chi connectivity index (χ2v) is 7.01. The molecule has 1 atom stereocenters. The number of nitriles is 1. The van der Waals surface area contributed by atoms with Crippen molar-refractivity contribution in [3.8, 4) is 6.07 Å². The first-order chi connectivity index (χ1) is 9.61. The lowest BCUT2D eigenvalue weighted by atomic mass is 9.97. The number of nitrogens with one attached hydrogen (secondary N) is 1. The third-order valence-corrected chi connectivity index (χ3v) is 5.45. The van der Waals surface area contributed by atoms with Crippen LogP contribution in [-0.2, 0) is 0 Å². The molecule has 1 saturated carbocycles. The molecule has 0 spiro atoms. The largest absolute Gasteiger partial charge is 0.298 e. The predicted octanol–water partition coefficient (Wildman–Crippen LogP) is 4.76. The second-order valence-electron chi connectivity index (χ2n) is 5.15. The molecule has 1 aromatic rings. The zero-order chi connectivity index (χ0) is 14.6. The Morgan fingerprint density at radius 1 is 1.40 bits per heavy atom. The van der Waals surface area contributed by atoms with Crippen LogP contribution in [0.2, 0.25) is 10.0 Å². The summed E-state index contributed by atoms with van der Waals surface area (Å²) in [6, 6.07) is 8.14. The van der Waals surface area contributed by atoms with E-state index in [1.54, 1.807) is 17.8 Å². The van der Waals surface area contributed by atoms with Crippen molar-refractivity contribution in [3.05, 3.63) is 28.2 Å². The normalized spacial score (nSPS) is 17.5. The fraction of sp³-hybridized carbons (Fsp3) is 0.533. The van der Waals surface area contributed by atoms with Crippen molar-refractivity contribution >= 4 is 35.0 Å². The van der Waals surface area contributed by atoms with Crippen molar-refractivity contribution in [3.63, 3.8) is 0 Å². The monoisotopic (exact) mass is 328 g/mol. The Labute approximate surface area is 134 Å². The highest BCUT2D eigenvalue weighted by molar-refractivity contribution is 7.99. The standard InChI is InChI=1S/C15H18Cl2N2S/c1-2-7-19-15(9-18,11-3-4-11)10-20-12-5-6-13(16)14(17)8-12/h5-6,8,11,19H,2-4,7,10H2,1H3. The van der Waals surface area contributed by atoms with Crippen LogP contribution in [0.25, 0.3) is 0 Å². The van der Waals surface area contributed by atoms with Gasteiger partial charge in [0, 0.05) is 10.6 Å². The SMILES string of the molecule is CCCNC(C#N)(CSc1ccc(Cl)c(Cl)c1)C1CC1. The van der Waals surface area contributed by atoms with Crippen LogP contribution in [0.3, 0.4) is 0 Å². The molecule has 0 bridgehead atoms. The highest BCUT2D eigenvalue weighted by Crippen LogP contribution is 2.42. The topological polar surface area (TPSA) is 35.8 Å². The molecule has 20 heavy (non-hydrogen) atoms. The summed E-state index contributed by atoms with van der Waals surface area (Å²) in [5, 5.41) is 14.2. The molecule has 2 nitrogen and oxygen atoms in total. The van der Waals surface area contributed by atoms with Gasteiger partial charge in [0.25, 0.3) is 0 Å². The van der Waals surface area contributed by atoms with Gasteiger partial charge in [0.15, 0.2) is 0 Å². The van der Waals surface area contributed by atoms with Crippen LogP contribution in [-0.4, -0.2) is 17.8 Å². The molecule has 0 saturated heterocycles. The van der Waals surface area contributed by atoms with Crippen LogP contribution in [0.15, 0.2) is 23.1 Å². The first-order valence-corrected chi connectivity index (χ1v) is 8.59. The molecule has 1 N–H and O–H groups in total. The molecule has 0 aliphatic heterocycles. The van der Waals surface area contributed by atoms with Crippen molar-refractivity contribution in [1.29, 1.82) is 5.26 Å². The average Bonchev–Trinajstić information content (AvgIpc) is 3.28. The summed E-state index contributed by atoms with van der Waals surface area (Å²) in [4.78, 5) is 1.05. The van der Waals surface area contributed by atoms with E-state index in [0.29, 0.717) is 16.0 Å². The van der Waals surface area contributed by atoms with Gasteiger partial charge in [-0.25, -0.2) is 0 Å². The van der Waals surface area contributed by atoms with Gasteiger partial charge >= 0.3 is 0 Å². The van der Waals surface area contributed by atoms with Gasteiger partial charge in [0.2, 0.25) is 0 Å². The highest BCUT2D eigenvalue weighted by Gasteiger charge is 2.45. The fourth-order valence-electron chi connectivity index (χ4n) is 2.16. The van der Waals surface area contributed by atoms with Crippen LogP contribution in [0.1, 0.15) is 26.2 Å². The van der Waals surface area contributed by atoms with E-state index in [-0.39, 0.29) is 0 Å². The van der Waals surface area contributed by atoms with E-state index >= 15 is 0 Å². The van der Waals surface area contributed by atoms with Gasteiger partial charge in [-0.3, -0.25) is 5.32 Å². The van der Waals surface area contributed by atoms with Crippen molar-refractivity contribution < 1.29 is 0 Å². The summed E-state index contributed by atoms with van der Waals surface area (Å²) >= 11 is 13.6. The number of nitrogens with zero attached hydrogens (tertiary/aromatic N) is 1. The molecule has 5 heteroatoms. The minimum absolute atomic E-state index is 0.410. The number of hydrogen-bond acceptors (Lipinski definition) is 3. The van der Waals surface area contributed by atoms with E-state index in [2.05, 4.69) is 18.3 Å².